The first-order chi connectivity index (χ1) is 4.31. The summed E-state index contributed by atoms with van der Waals surface area (Å²) < 4.78 is 0. The van der Waals surface area contributed by atoms with Crippen LogP contribution in [0.1, 0.15) is 13.3 Å². The average Bonchev–Trinajstić information content (AvgIpc) is 1.56. The fraction of sp³-hybridized carbons (Fsp3) is 1.00. The van der Waals surface area contributed by atoms with E-state index in [1.807, 2.05) is 0 Å². The van der Waals surface area contributed by atoms with Crippen molar-refractivity contribution in [2.24, 2.45) is 0 Å². The maximum Gasteiger partial charge on any atom is 0.0430 e. The van der Waals surface area contributed by atoms with E-state index in [4.69, 9.17) is 0 Å². The van der Waals surface area contributed by atoms with E-state index >= 15 is 0 Å². The van der Waals surface area contributed by atoms with Gasteiger partial charge in [-0.25, -0.2) is 0 Å². The van der Waals surface area contributed by atoms with Crippen LogP contribution in [0.15, 0.2) is 0 Å². The lowest BCUT2D eigenvalue weighted by Crippen LogP contribution is -2.70. The summed E-state index contributed by atoms with van der Waals surface area (Å²) >= 11 is 0. The van der Waals surface area contributed by atoms with Crippen LogP contribution in [0.5, 0.6) is 0 Å². The summed E-state index contributed by atoms with van der Waals surface area (Å²) in [6, 6.07) is 0. The lowest BCUT2D eigenvalue weighted by atomic mass is 9.90. The van der Waals surface area contributed by atoms with Crippen molar-refractivity contribution >= 4 is 0 Å². The van der Waals surface area contributed by atoms with Gasteiger partial charge in [0.05, 0.1) is 0 Å². The van der Waals surface area contributed by atoms with Crippen LogP contribution in [-0.2, 0) is 0 Å². The Kier molecular flexibility index (Phi) is 1.08. The van der Waals surface area contributed by atoms with Crippen molar-refractivity contribution in [2.45, 2.75) is 18.9 Å². The number of hydrogen-bond acceptors (Lipinski definition) is 2. The van der Waals surface area contributed by atoms with E-state index in [0.29, 0.717) is 5.54 Å². The molecule has 0 saturated carbocycles. The molecule has 2 rings (SSSR count). The first kappa shape index (κ1) is 5.69. The average molecular weight is 126 g/mol. The molecule has 1 N–H and O–H groups in total. The van der Waals surface area contributed by atoms with Crippen LogP contribution in [0.3, 0.4) is 0 Å². The molecule has 9 heavy (non-hydrogen) atoms. The Morgan fingerprint density at radius 3 is 2.11 bits per heavy atom. The summed E-state index contributed by atoms with van der Waals surface area (Å²) in [5.41, 5.74) is 0.540. The van der Waals surface area contributed by atoms with Gasteiger partial charge in [0.2, 0.25) is 0 Å². The maximum absolute atomic E-state index is 3.31. The summed E-state index contributed by atoms with van der Waals surface area (Å²) in [6.07, 6.45) is 1.41. The van der Waals surface area contributed by atoms with Crippen LogP contribution in [0.4, 0.5) is 0 Å². The highest BCUT2D eigenvalue weighted by atomic mass is 15.3. The summed E-state index contributed by atoms with van der Waals surface area (Å²) in [6.45, 7) is 7.42. The topological polar surface area (TPSA) is 15.3 Å². The molecule has 0 aromatic heterocycles. The van der Waals surface area contributed by atoms with Crippen molar-refractivity contribution < 1.29 is 0 Å². The Morgan fingerprint density at radius 2 is 2.00 bits per heavy atom. The largest absolute Gasteiger partial charge is 0.313 e. The quantitative estimate of drug-likeness (QED) is 0.534. The molecule has 2 aliphatic heterocycles. The second-order valence-electron chi connectivity index (χ2n) is 3.44. The van der Waals surface area contributed by atoms with E-state index in [-0.39, 0.29) is 0 Å². The van der Waals surface area contributed by atoms with Gasteiger partial charge in [0.1, 0.15) is 0 Å². The number of nitrogens with one attached hydrogen (secondary N) is 1. The number of hydrogen-bond donors (Lipinski definition) is 1. The Morgan fingerprint density at radius 1 is 1.33 bits per heavy atom. The van der Waals surface area contributed by atoms with Gasteiger partial charge in [-0.05, 0) is 26.4 Å². The molecular weight excluding hydrogens is 112 g/mol. The Labute approximate surface area is 56.2 Å². The first-order valence-corrected chi connectivity index (χ1v) is 3.77. The van der Waals surface area contributed by atoms with Crippen LogP contribution < -0.4 is 5.32 Å². The molecule has 0 aromatic carbocycles. The fourth-order valence-electron chi connectivity index (χ4n) is 1.57. The molecule has 0 aliphatic carbocycles. The van der Waals surface area contributed by atoms with Gasteiger partial charge in [-0.15, -0.1) is 0 Å². The van der Waals surface area contributed by atoms with E-state index in [9.17, 15) is 0 Å². The zero-order valence-electron chi connectivity index (χ0n) is 5.98. The molecule has 2 heteroatoms. The van der Waals surface area contributed by atoms with Crippen molar-refractivity contribution in [1.82, 2.24) is 10.2 Å². The highest BCUT2D eigenvalue weighted by Crippen LogP contribution is 2.24. The van der Waals surface area contributed by atoms with Crippen molar-refractivity contribution in [3.8, 4) is 0 Å². The minimum atomic E-state index is 0.540. The smallest absolute Gasteiger partial charge is 0.0430 e. The monoisotopic (exact) mass is 126 g/mol. The summed E-state index contributed by atoms with van der Waals surface area (Å²) in [4.78, 5) is 2.57. The third-order valence-corrected chi connectivity index (χ3v) is 2.63. The van der Waals surface area contributed by atoms with Crippen LogP contribution in [-0.4, -0.2) is 36.6 Å². The Balaban J connectivity index is 1.94. The van der Waals surface area contributed by atoms with Gasteiger partial charge >= 0.3 is 0 Å². The lowest BCUT2D eigenvalue weighted by molar-refractivity contribution is 0.00445. The van der Waals surface area contributed by atoms with E-state index < -0.39 is 0 Å². The van der Waals surface area contributed by atoms with Gasteiger partial charge < -0.3 is 5.32 Å². The highest BCUT2D eigenvalue weighted by molar-refractivity contribution is 5.00. The van der Waals surface area contributed by atoms with Crippen molar-refractivity contribution in [1.29, 1.82) is 0 Å². The first-order valence-electron chi connectivity index (χ1n) is 3.77. The summed E-state index contributed by atoms with van der Waals surface area (Å²) in [5.74, 6) is 0. The lowest BCUT2D eigenvalue weighted by Gasteiger charge is -2.52. The minimum Gasteiger partial charge on any atom is -0.313 e. The molecule has 2 heterocycles. The molecule has 0 spiro atoms. The van der Waals surface area contributed by atoms with Crippen LogP contribution in [0, 0.1) is 0 Å². The maximum atomic E-state index is 3.31. The van der Waals surface area contributed by atoms with Crippen LogP contribution >= 0.6 is 0 Å². The highest BCUT2D eigenvalue weighted by Gasteiger charge is 2.39. The predicted octanol–water partition coefficient (Wildman–Crippen LogP) is 0.0540. The second kappa shape index (κ2) is 1.70. The molecule has 0 bridgehead atoms. The number of likely N-dealkylation sites (tertiary alicyclic amines) is 1. The van der Waals surface area contributed by atoms with Gasteiger partial charge in [-0.2, -0.15) is 0 Å². The molecule has 2 fully saturated rings. The zero-order valence-corrected chi connectivity index (χ0v) is 5.98. The van der Waals surface area contributed by atoms with E-state index in [2.05, 4.69) is 17.1 Å². The van der Waals surface area contributed by atoms with Crippen molar-refractivity contribution in [2.75, 3.05) is 26.2 Å². The zero-order chi connectivity index (χ0) is 6.32. The van der Waals surface area contributed by atoms with Gasteiger partial charge in [-0.3, -0.25) is 4.90 Å². The molecule has 0 radical (unpaired) electrons. The van der Waals surface area contributed by atoms with Crippen molar-refractivity contribution in [3.05, 3.63) is 0 Å². The molecule has 52 valence electrons. The normalized spacial score (nSPS) is 33.0. The van der Waals surface area contributed by atoms with Gasteiger partial charge in [-0.1, -0.05) is 0 Å². The molecule has 2 aliphatic rings. The molecule has 2 saturated heterocycles. The molecule has 0 aromatic rings. The molecule has 2 nitrogen and oxygen atoms in total. The number of nitrogens with zero attached hydrogens (tertiary/aromatic N) is 1. The molecule has 0 atom stereocenters. The Bertz CT molecular complexity index is 114. The van der Waals surface area contributed by atoms with Gasteiger partial charge in [0, 0.05) is 18.6 Å². The van der Waals surface area contributed by atoms with Crippen LogP contribution in [0.25, 0.3) is 0 Å². The molecular formula is C7H14N2. The number of rotatable bonds is 1. The standard InChI is InChI=1S/C7H14N2/c1-7(5-8-6-7)9-3-2-4-9/h8H,2-6H2,1H3. The summed E-state index contributed by atoms with van der Waals surface area (Å²) in [5, 5.41) is 3.31. The van der Waals surface area contributed by atoms with Crippen LogP contribution in [0.2, 0.25) is 0 Å². The van der Waals surface area contributed by atoms with E-state index in [1.54, 1.807) is 0 Å². The third kappa shape index (κ3) is 0.700. The fourth-order valence-corrected chi connectivity index (χ4v) is 1.57. The van der Waals surface area contributed by atoms with Gasteiger partial charge in [0.25, 0.3) is 0 Å². The summed E-state index contributed by atoms with van der Waals surface area (Å²) in [7, 11) is 0. The third-order valence-electron chi connectivity index (χ3n) is 2.63. The van der Waals surface area contributed by atoms with Crippen molar-refractivity contribution in [3.63, 3.8) is 0 Å². The SMILES string of the molecule is CC1(N2CCC2)CNC1. The van der Waals surface area contributed by atoms with E-state index in [0.717, 1.165) is 0 Å². The molecule has 0 amide bonds. The van der Waals surface area contributed by atoms with Gasteiger partial charge in [0.15, 0.2) is 0 Å². The predicted molar refractivity (Wildman–Crippen MR) is 37.5 cm³/mol. The molecule has 0 unspecified atom stereocenters. The second-order valence-corrected chi connectivity index (χ2v) is 3.44. The van der Waals surface area contributed by atoms with E-state index in [1.165, 1.54) is 32.6 Å². The Hall–Kier alpha value is -0.0800. The minimum absolute atomic E-state index is 0.540.